The number of nitrogens with zero attached hydrogens (tertiary/aromatic N) is 2. The first-order chi connectivity index (χ1) is 10.2. The van der Waals surface area contributed by atoms with Gasteiger partial charge in [-0.3, -0.25) is 10.1 Å². The second-order valence-electron chi connectivity index (χ2n) is 5.43. The van der Waals surface area contributed by atoms with Gasteiger partial charge in [-0.15, -0.1) is 0 Å². The van der Waals surface area contributed by atoms with E-state index in [1.54, 1.807) is 18.3 Å². The lowest BCUT2D eigenvalue weighted by Crippen LogP contribution is -2.22. The van der Waals surface area contributed by atoms with E-state index < -0.39 is 0 Å². The third-order valence-corrected chi connectivity index (χ3v) is 3.89. The van der Waals surface area contributed by atoms with Gasteiger partial charge in [0.25, 0.3) is 5.69 Å². The van der Waals surface area contributed by atoms with E-state index in [1.165, 1.54) is 38.2 Å². The second kappa shape index (κ2) is 5.95. The zero-order chi connectivity index (χ0) is 14.7. The number of H-pyrrole nitrogens is 1. The third-order valence-electron chi connectivity index (χ3n) is 3.89. The van der Waals surface area contributed by atoms with Crippen molar-refractivity contribution in [1.82, 2.24) is 9.97 Å². The van der Waals surface area contributed by atoms with Crippen molar-refractivity contribution < 1.29 is 4.92 Å². The number of benzene rings is 1. The Morgan fingerprint density at radius 1 is 1.29 bits per heavy atom. The van der Waals surface area contributed by atoms with Crippen LogP contribution >= 0.6 is 0 Å². The van der Waals surface area contributed by atoms with Crippen LogP contribution in [-0.4, -0.2) is 20.9 Å². The number of aromatic nitrogens is 2. The quantitative estimate of drug-likeness (QED) is 0.662. The highest BCUT2D eigenvalue weighted by atomic mass is 16.6. The van der Waals surface area contributed by atoms with E-state index in [-0.39, 0.29) is 10.6 Å². The molecule has 1 aromatic carbocycles. The smallest absolute Gasteiger partial charge is 0.270 e. The summed E-state index contributed by atoms with van der Waals surface area (Å²) in [4.78, 5) is 18.0. The Kier molecular flexibility index (Phi) is 3.85. The van der Waals surface area contributed by atoms with E-state index in [9.17, 15) is 10.1 Å². The van der Waals surface area contributed by atoms with E-state index in [2.05, 4.69) is 15.3 Å². The molecule has 1 aliphatic carbocycles. The number of nitro groups is 1. The van der Waals surface area contributed by atoms with E-state index in [0.29, 0.717) is 6.04 Å². The largest absolute Gasteiger partial charge is 0.353 e. The Hall–Kier alpha value is -2.37. The number of aromatic amines is 1. The van der Waals surface area contributed by atoms with Crippen LogP contribution in [0.5, 0.6) is 0 Å². The maximum atomic E-state index is 10.8. The zero-order valence-corrected chi connectivity index (χ0v) is 11.7. The standard InChI is InChI=1S/C15H18N4O2/c20-19(21)13-8-4-5-11(9-13)14-10-16-15(18-14)17-12-6-2-1-3-7-12/h4-5,8-10,12H,1-3,6-7H2,(H2,16,17,18). The molecule has 0 atom stereocenters. The van der Waals surface area contributed by atoms with Gasteiger partial charge in [0.2, 0.25) is 5.95 Å². The number of hydrogen-bond donors (Lipinski definition) is 2. The molecule has 3 rings (SSSR count). The van der Waals surface area contributed by atoms with Crippen LogP contribution in [0, 0.1) is 10.1 Å². The van der Waals surface area contributed by atoms with Gasteiger partial charge in [-0.25, -0.2) is 4.98 Å². The van der Waals surface area contributed by atoms with Crippen LogP contribution in [0.3, 0.4) is 0 Å². The van der Waals surface area contributed by atoms with Crippen molar-refractivity contribution >= 4 is 11.6 Å². The van der Waals surface area contributed by atoms with Gasteiger partial charge in [0.05, 0.1) is 16.8 Å². The molecule has 110 valence electrons. The summed E-state index contributed by atoms with van der Waals surface area (Å²) in [5, 5.41) is 14.2. The van der Waals surface area contributed by atoms with Gasteiger partial charge in [0.1, 0.15) is 0 Å². The van der Waals surface area contributed by atoms with E-state index in [4.69, 9.17) is 0 Å². The summed E-state index contributed by atoms with van der Waals surface area (Å²) in [6.07, 6.45) is 7.89. The molecule has 6 nitrogen and oxygen atoms in total. The molecule has 1 fully saturated rings. The Morgan fingerprint density at radius 3 is 2.86 bits per heavy atom. The Bertz CT molecular complexity index is 632. The summed E-state index contributed by atoms with van der Waals surface area (Å²) in [5.41, 5.74) is 1.65. The Labute approximate surface area is 122 Å². The predicted octanol–water partition coefficient (Wildman–Crippen LogP) is 3.73. The molecule has 1 heterocycles. The highest BCUT2D eigenvalue weighted by molar-refractivity contribution is 5.63. The maximum Gasteiger partial charge on any atom is 0.270 e. The maximum absolute atomic E-state index is 10.8. The van der Waals surface area contributed by atoms with Crippen molar-refractivity contribution in [3.63, 3.8) is 0 Å². The molecule has 0 spiro atoms. The van der Waals surface area contributed by atoms with Crippen molar-refractivity contribution in [2.75, 3.05) is 5.32 Å². The Balaban J connectivity index is 1.75. The fraction of sp³-hybridized carbons (Fsp3) is 0.400. The Morgan fingerprint density at radius 2 is 2.10 bits per heavy atom. The molecule has 1 aliphatic rings. The summed E-state index contributed by atoms with van der Waals surface area (Å²) in [7, 11) is 0. The number of rotatable bonds is 4. The van der Waals surface area contributed by atoms with E-state index in [1.807, 2.05) is 6.07 Å². The fourth-order valence-electron chi connectivity index (χ4n) is 2.77. The lowest BCUT2D eigenvalue weighted by Gasteiger charge is -2.22. The minimum absolute atomic E-state index is 0.0869. The number of imidazole rings is 1. The SMILES string of the molecule is O=[N+]([O-])c1cccc(-c2cnc(NC3CCCCC3)[nH]2)c1. The van der Waals surface area contributed by atoms with Gasteiger partial charge in [0, 0.05) is 23.7 Å². The van der Waals surface area contributed by atoms with Crippen LogP contribution in [0.25, 0.3) is 11.3 Å². The van der Waals surface area contributed by atoms with Gasteiger partial charge in [-0.2, -0.15) is 0 Å². The van der Waals surface area contributed by atoms with Crippen molar-refractivity contribution in [2.45, 2.75) is 38.1 Å². The first-order valence-corrected chi connectivity index (χ1v) is 7.29. The molecule has 0 unspecified atom stereocenters. The first-order valence-electron chi connectivity index (χ1n) is 7.29. The second-order valence-corrected chi connectivity index (χ2v) is 5.43. The normalized spacial score (nSPS) is 15.8. The van der Waals surface area contributed by atoms with Crippen molar-refractivity contribution in [1.29, 1.82) is 0 Å². The highest BCUT2D eigenvalue weighted by Crippen LogP contribution is 2.25. The topological polar surface area (TPSA) is 83.8 Å². The van der Waals surface area contributed by atoms with Crippen LogP contribution in [-0.2, 0) is 0 Å². The molecule has 0 saturated heterocycles. The van der Waals surface area contributed by atoms with Gasteiger partial charge < -0.3 is 10.3 Å². The van der Waals surface area contributed by atoms with Crippen molar-refractivity contribution in [2.24, 2.45) is 0 Å². The number of nitro benzene ring substituents is 1. The van der Waals surface area contributed by atoms with Crippen LogP contribution in [0.1, 0.15) is 32.1 Å². The van der Waals surface area contributed by atoms with E-state index >= 15 is 0 Å². The summed E-state index contributed by atoms with van der Waals surface area (Å²) in [6.45, 7) is 0. The molecular weight excluding hydrogens is 268 g/mol. The summed E-state index contributed by atoms with van der Waals surface area (Å²) in [6, 6.07) is 7.04. The molecule has 1 saturated carbocycles. The van der Waals surface area contributed by atoms with E-state index in [0.717, 1.165) is 17.2 Å². The lowest BCUT2D eigenvalue weighted by molar-refractivity contribution is -0.384. The molecule has 0 amide bonds. The minimum Gasteiger partial charge on any atom is -0.353 e. The number of non-ortho nitro benzene ring substituents is 1. The van der Waals surface area contributed by atoms with Gasteiger partial charge in [-0.1, -0.05) is 31.4 Å². The summed E-state index contributed by atoms with van der Waals surface area (Å²) in [5.74, 6) is 0.739. The molecule has 2 N–H and O–H groups in total. The molecule has 1 aromatic heterocycles. The molecule has 21 heavy (non-hydrogen) atoms. The average molecular weight is 286 g/mol. The molecule has 0 bridgehead atoms. The lowest BCUT2D eigenvalue weighted by atomic mass is 9.96. The predicted molar refractivity (Wildman–Crippen MR) is 81.2 cm³/mol. The average Bonchev–Trinajstić information content (AvgIpc) is 2.97. The molecule has 0 radical (unpaired) electrons. The van der Waals surface area contributed by atoms with Gasteiger partial charge >= 0.3 is 0 Å². The van der Waals surface area contributed by atoms with Gasteiger partial charge in [0.15, 0.2) is 0 Å². The van der Waals surface area contributed by atoms with Crippen molar-refractivity contribution in [3.05, 3.63) is 40.6 Å². The molecule has 0 aliphatic heterocycles. The fourth-order valence-corrected chi connectivity index (χ4v) is 2.77. The monoisotopic (exact) mass is 286 g/mol. The summed E-state index contributed by atoms with van der Waals surface area (Å²) < 4.78 is 0. The molecule has 2 aromatic rings. The first kappa shape index (κ1) is 13.6. The van der Waals surface area contributed by atoms with Crippen LogP contribution in [0.15, 0.2) is 30.5 Å². The number of hydrogen-bond acceptors (Lipinski definition) is 4. The molecule has 6 heteroatoms. The summed E-state index contributed by atoms with van der Waals surface area (Å²) >= 11 is 0. The number of anilines is 1. The third kappa shape index (κ3) is 3.21. The highest BCUT2D eigenvalue weighted by Gasteiger charge is 2.15. The van der Waals surface area contributed by atoms with Crippen LogP contribution in [0.2, 0.25) is 0 Å². The van der Waals surface area contributed by atoms with Crippen molar-refractivity contribution in [3.8, 4) is 11.3 Å². The number of nitrogens with one attached hydrogen (secondary N) is 2. The molecular formula is C15H18N4O2. The zero-order valence-electron chi connectivity index (χ0n) is 11.7. The van der Waals surface area contributed by atoms with Gasteiger partial charge in [-0.05, 0) is 12.8 Å². The van der Waals surface area contributed by atoms with Crippen LogP contribution in [0.4, 0.5) is 11.6 Å². The minimum atomic E-state index is -0.388. The van der Waals surface area contributed by atoms with Crippen LogP contribution < -0.4 is 5.32 Å².